The number of nitrogens with zero attached hydrogens (tertiary/aromatic N) is 5. The average Bonchev–Trinajstić information content (AvgIpc) is 3.64. The molecule has 0 radical (unpaired) electrons. The lowest BCUT2D eigenvalue weighted by atomic mass is 10.1. The fourth-order valence-corrected chi connectivity index (χ4v) is 5.17. The molecule has 1 amide bonds. The zero-order chi connectivity index (χ0) is 22.5. The first-order chi connectivity index (χ1) is 16.3. The zero-order valence-corrected chi connectivity index (χ0v) is 19.2. The fraction of sp³-hybridized carbons (Fsp3) is 0.333. The zero-order valence-electron chi connectivity index (χ0n) is 18.4. The van der Waals surface area contributed by atoms with Crippen LogP contribution in [0.15, 0.2) is 60.2 Å². The van der Waals surface area contributed by atoms with Gasteiger partial charge in [-0.1, -0.05) is 23.4 Å². The molecule has 2 N–H and O–H groups in total. The van der Waals surface area contributed by atoms with E-state index < -0.39 is 0 Å². The van der Waals surface area contributed by atoms with Crippen molar-refractivity contribution in [3.05, 3.63) is 77.3 Å². The second-order valence-corrected chi connectivity index (χ2v) is 9.10. The quantitative estimate of drug-likeness (QED) is 0.353. The number of aromatic amines is 1. The number of amides is 1. The van der Waals surface area contributed by atoms with Gasteiger partial charge in [0.15, 0.2) is 5.13 Å². The van der Waals surface area contributed by atoms with E-state index in [1.165, 1.54) is 17.0 Å². The highest BCUT2D eigenvalue weighted by atomic mass is 32.1. The molecular weight excluding hydrogens is 434 g/mol. The lowest BCUT2D eigenvalue weighted by molar-refractivity contribution is 0.101. The van der Waals surface area contributed by atoms with E-state index >= 15 is 0 Å². The maximum atomic E-state index is 12.9. The molecule has 1 aliphatic rings. The molecule has 1 aromatic carbocycles. The summed E-state index contributed by atoms with van der Waals surface area (Å²) < 4.78 is 2.00. The monoisotopic (exact) mass is 461 g/mol. The molecular formula is C24H27N7OS. The molecule has 1 atom stereocenters. The van der Waals surface area contributed by atoms with Crippen LogP contribution in [0.4, 0.5) is 10.8 Å². The number of aromatic nitrogens is 5. The van der Waals surface area contributed by atoms with E-state index in [0.29, 0.717) is 10.8 Å². The molecule has 3 aromatic heterocycles. The average molecular weight is 462 g/mol. The van der Waals surface area contributed by atoms with Crippen LogP contribution >= 0.6 is 11.3 Å². The van der Waals surface area contributed by atoms with Gasteiger partial charge in [0, 0.05) is 30.4 Å². The molecule has 1 aliphatic heterocycles. The Bertz CT molecular complexity index is 1170. The van der Waals surface area contributed by atoms with E-state index in [-0.39, 0.29) is 11.9 Å². The third kappa shape index (κ3) is 4.98. The van der Waals surface area contributed by atoms with E-state index in [0.717, 1.165) is 56.6 Å². The summed E-state index contributed by atoms with van der Waals surface area (Å²) in [6.07, 6.45) is 8.79. The van der Waals surface area contributed by atoms with Crippen molar-refractivity contribution in [3.63, 3.8) is 0 Å². The summed E-state index contributed by atoms with van der Waals surface area (Å²) in [5.41, 5.74) is 3.94. The topological polar surface area (TPSA) is 91.7 Å². The van der Waals surface area contributed by atoms with Crippen LogP contribution in [0.1, 0.15) is 53.6 Å². The maximum absolute atomic E-state index is 12.9. The normalized spacial score (nSPS) is 15.8. The lowest BCUT2D eigenvalue weighted by Crippen LogP contribution is -2.22. The minimum atomic E-state index is -0.120. The van der Waals surface area contributed by atoms with Gasteiger partial charge in [0.2, 0.25) is 0 Å². The van der Waals surface area contributed by atoms with Gasteiger partial charge in [-0.05, 0) is 56.4 Å². The summed E-state index contributed by atoms with van der Waals surface area (Å²) in [7, 11) is 0. The third-order valence-electron chi connectivity index (χ3n) is 6.05. The Labute approximate surface area is 196 Å². The van der Waals surface area contributed by atoms with Crippen LogP contribution in [0, 0.1) is 0 Å². The van der Waals surface area contributed by atoms with Crippen molar-refractivity contribution >= 4 is 28.1 Å². The van der Waals surface area contributed by atoms with E-state index in [9.17, 15) is 4.79 Å². The molecule has 0 bridgehead atoms. The highest BCUT2D eigenvalue weighted by Gasteiger charge is 2.28. The Morgan fingerprint density at radius 3 is 2.94 bits per heavy atom. The maximum Gasteiger partial charge on any atom is 0.274 e. The van der Waals surface area contributed by atoms with Crippen LogP contribution in [0.5, 0.6) is 0 Å². The molecule has 170 valence electrons. The van der Waals surface area contributed by atoms with E-state index in [4.69, 9.17) is 4.98 Å². The van der Waals surface area contributed by atoms with Gasteiger partial charge in [-0.3, -0.25) is 15.2 Å². The second-order valence-electron chi connectivity index (χ2n) is 8.24. The van der Waals surface area contributed by atoms with Crippen molar-refractivity contribution in [3.8, 4) is 0 Å². The Kier molecular flexibility index (Phi) is 6.48. The molecule has 5 rings (SSSR count). The van der Waals surface area contributed by atoms with Crippen molar-refractivity contribution in [2.24, 2.45) is 0 Å². The summed E-state index contributed by atoms with van der Waals surface area (Å²) in [5, 5.41) is 16.1. The molecule has 33 heavy (non-hydrogen) atoms. The number of carbonyl (C=O) groups excluding carboxylic acids is 1. The van der Waals surface area contributed by atoms with E-state index in [1.54, 1.807) is 6.20 Å². The number of H-pyrrole nitrogens is 1. The third-order valence-corrected chi connectivity index (χ3v) is 6.82. The number of aryl methyl sites for hydroxylation is 2. The van der Waals surface area contributed by atoms with Gasteiger partial charge in [0.25, 0.3) is 5.91 Å². The van der Waals surface area contributed by atoms with Crippen LogP contribution < -0.4 is 10.2 Å². The summed E-state index contributed by atoms with van der Waals surface area (Å²) in [6.45, 7) is 1.81. The van der Waals surface area contributed by atoms with Crippen LogP contribution in [-0.2, 0) is 13.0 Å². The summed E-state index contributed by atoms with van der Waals surface area (Å²) in [6, 6.07) is 14.5. The van der Waals surface area contributed by atoms with Gasteiger partial charge < -0.3 is 9.47 Å². The van der Waals surface area contributed by atoms with Crippen LogP contribution in [0.25, 0.3) is 0 Å². The predicted molar refractivity (Wildman–Crippen MR) is 130 cm³/mol. The fourth-order valence-electron chi connectivity index (χ4n) is 4.41. The first-order valence-electron chi connectivity index (χ1n) is 11.4. The minimum Gasteiger partial charge on any atom is -0.363 e. The molecule has 1 saturated heterocycles. The number of hydrogen-bond donors (Lipinski definition) is 2. The summed E-state index contributed by atoms with van der Waals surface area (Å²) in [5.74, 6) is -0.120. The number of carbonyl (C=O) groups is 1. The Morgan fingerprint density at radius 1 is 1.18 bits per heavy atom. The number of benzene rings is 1. The molecule has 1 fully saturated rings. The van der Waals surface area contributed by atoms with E-state index in [1.807, 2.05) is 29.0 Å². The van der Waals surface area contributed by atoms with Crippen LogP contribution in [-0.4, -0.2) is 37.4 Å². The number of para-hydroxylation sites is 1. The van der Waals surface area contributed by atoms with Crippen molar-refractivity contribution in [2.45, 2.75) is 44.7 Å². The summed E-state index contributed by atoms with van der Waals surface area (Å²) >= 11 is 1.49. The smallest absolute Gasteiger partial charge is 0.274 e. The van der Waals surface area contributed by atoms with Crippen LogP contribution in [0.2, 0.25) is 0 Å². The van der Waals surface area contributed by atoms with E-state index in [2.05, 4.69) is 55.3 Å². The van der Waals surface area contributed by atoms with Gasteiger partial charge in [-0.15, -0.1) is 16.4 Å². The largest absolute Gasteiger partial charge is 0.363 e. The molecule has 4 heterocycles. The molecule has 0 saturated carbocycles. The molecule has 8 nitrogen and oxygen atoms in total. The lowest BCUT2D eigenvalue weighted by Gasteiger charge is -2.25. The standard InChI is InChI=1S/C24H27N7OS/c32-23(22-12-6-14-30(22)13-5-4-8-18-16-25-29-28-18)27-24-26-20(17-33-24)21-11-7-15-31(21)19-9-2-1-3-10-19/h1-3,6,9-10,12,14,16-17,21H,4-5,7-8,11,13,15H2,(H,25,28,29)(H,26,27,32). The summed E-state index contributed by atoms with van der Waals surface area (Å²) in [4.78, 5) is 20.1. The molecule has 0 aliphatic carbocycles. The number of thiazole rings is 1. The first kappa shape index (κ1) is 21.4. The number of nitrogens with one attached hydrogen (secondary N) is 2. The SMILES string of the molecule is O=C(Nc1nc(C2CCCN2c2ccccc2)cs1)c1cccn1CCCCc1cnn[nH]1. The van der Waals surface area contributed by atoms with Crippen molar-refractivity contribution in [1.29, 1.82) is 0 Å². The number of rotatable bonds is 9. The molecule has 4 aromatic rings. The van der Waals surface area contributed by atoms with Crippen molar-refractivity contribution in [2.75, 3.05) is 16.8 Å². The Balaban J connectivity index is 1.19. The van der Waals surface area contributed by atoms with Gasteiger partial charge in [0.05, 0.1) is 23.6 Å². The van der Waals surface area contributed by atoms with Gasteiger partial charge in [0.1, 0.15) is 5.69 Å². The Hall–Kier alpha value is -3.46. The van der Waals surface area contributed by atoms with Crippen LogP contribution in [0.3, 0.4) is 0 Å². The Morgan fingerprint density at radius 2 is 2.09 bits per heavy atom. The predicted octanol–water partition coefficient (Wildman–Crippen LogP) is 4.68. The second kappa shape index (κ2) is 9.99. The number of anilines is 2. The highest BCUT2D eigenvalue weighted by Crippen LogP contribution is 2.37. The molecule has 0 spiro atoms. The first-order valence-corrected chi connectivity index (χ1v) is 12.2. The van der Waals surface area contributed by atoms with Crippen molar-refractivity contribution < 1.29 is 4.79 Å². The van der Waals surface area contributed by atoms with Gasteiger partial charge in [-0.25, -0.2) is 4.98 Å². The number of hydrogen-bond acceptors (Lipinski definition) is 6. The molecule has 1 unspecified atom stereocenters. The van der Waals surface area contributed by atoms with Crippen molar-refractivity contribution in [1.82, 2.24) is 25.0 Å². The minimum absolute atomic E-state index is 0.120. The highest BCUT2D eigenvalue weighted by molar-refractivity contribution is 7.14. The van der Waals surface area contributed by atoms with Gasteiger partial charge in [-0.2, -0.15) is 0 Å². The number of unbranched alkanes of at least 4 members (excludes halogenated alkanes) is 1. The molecule has 9 heteroatoms. The van der Waals surface area contributed by atoms with Gasteiger partial charge >= 0.3 is 0 Å².